The number of halogens is 3. The number of carbonyl (C=O) groups excluding carboxylic acids is 1. The van der Waals surface area contributed by atoms with Gasteiger partial charge in [0, 0.05) is 12.5 Å². The minimum absolute atomic E-state index is 0.0323. The quantitative estimate of drug-likeness (QED) is 0.364. The van der Waals surface area contributed by atoms with Crippen LogP contribution in [0.2, 0.25) is 0 Å². The van der Waals surface area contributed by atoms with Gasteiger partial charge in [-0.05, 0) is 53.4 Å². The topological polar surface area (TPSA) is 153 Å². The molecule has 1 atom stereocenters. The molecule has 0 aromatic carbocycles. The van der Waals surface area contributed by atoms with Crippen LogP contribution >= 0.6 is 0 Å². The standard InChI is InChI=1S/C30H39F3N8O4/c1-27(2)11-17(12-28(3,4)45-27)23-36-13-18(14-37-23)41-24-21(29(25(41)42)7-5-6-8-29)22(34)38-20(39-24)16-44-26(35)40-9-10-43-15-19(40)30(31,32)33/h13-14,17,19,35H,5-12,15-16H2,1-4H3,(H2,34,38,39). The zero-order valence-electron chi connectivity index (χ0n) is 25.9. The lowest BCUT2D eigenvalue weighted by Gasteiger charge is -2.44. The molecule has 3 N–H and O–H groups in total. The Hall–Kier alpha value is -3.59. The van der Waals surface area contributed by atoms with Gasteiger partial charge in [0.2, 0.25) is 5.91 Å². The lowest BCUT2D eigenvalue weighted by Crippen LogP contribution is -2.55. The van der Waals surface area contributed by atoms with E-state index in [0.717, 1.165) is 30.6 Å². The van der Waals surface area contributed by atoms with E-state index in [1.54, 1.807) is 12.4 Å². The van der Waals surface area contributed by atoms with Gasteiger partial charge in [-0.2, -0.15) is 13.2 Å². The van der Waals surface area contributed by atoms with E-state index >= 15 is 0 Å². The molecule has 1 saturated carbocycles. The van der Waals surface area contributed by atoms with Crippen LogP contribution in [0.15, 0.2) is 12.4 Å². The van der Waals surface area contributed by atoms with Gasteiger partial charge in [0.05, 0.1) is 53.5 Å². The molecule has 3 aliphatic heterocycles. The molecule has 1 spiro atoms. The predicted molar refractivity (Wildman–Crippen MR) is 157 cm³/mol. The molecule has 1 amide bonds. The van der Waals surface area contributed by atoms with Crippen LogP contribution in [-0.4, -0.2) is 79.9 Å². The van der Waals surface area contributed by atoms with Crippen LogP contribution in [0.3, 0.4) is 0 Å². The average Bonchev–Trinajstić information content (AvgIpc) is 3.53. The van der Waals surface area contributed by atoms with E-state index in [9.17, 15) is 18.0 Å². The first-order valence-corrected chi connectivity index (χ1v) is 15.3. The Balaban J connectivity index is 1.28. The molecule has 45 heavy (non-hydrogen) atoms. The molecule has 4 aliphatic rings. The molecule has 12 nitrogen and oxygen atoms in total. The number of amidine groups is 1. The van der Waals surface area contributed by atoms with Crippen molar-refractivity contribution in [1.29, 1.82) is 5.41 Å². The monoisotopic (exact) mass is 632 g/mol. The van der Waals surface area contributed by atoms with Crippen molar-refractivity contribution in [2.45, 2.75) is 108 Å². The number of hydrogen-bond acceptors (Lipinski definition) is 10. The predicted octanol–water partition coefficient (Wildman–Crippen LogP) is 4.50. The number of fused-ring (bicyclic) bond motifs is 2. The molecule has 1 unspecified atom stereocenters. The van der Waals surface area contributed by atoms with E-state index in [4.69, 9.17) is 25.4 Å². The number of nitrogens with zero attached hydrogens (tertiary/aromatic N) is 6. The van der Waals surface area contributed by atoms with Crippen LogP contribution in [0.1, 0.15) is 89.4 Å². The van der Waals surface area contributed by atoms with Crippen molar-refractivity contribution in [3.63, 3.8) is 0 Å². The number of alkyl halides is 3. The van der Waals surface area contributed by atoms with Crippen molar-refractivity contribution in [3.8, 4) is 0 Å². The summed E-state index contributed by atoms with van der Waals surface area (Å²) in [5.74, 6) is 0.967. The first-order valence-electron chi connectivity index (χ1n) is 15.3. The van der Waals surface area contributed by atoms with Gasteiger partial charge in [-0.3, -0.25) is 15.1 Å². The number of amides is 1. The second-order valence-electron chi connectivity index (χ2n) is 13.6. The maximum Gasteiger partial charge on any atom is 0.411 e. The highest BCUT2D eigenvalue weighted by Gasteiger charge is 2.55. The van der Waals surface area contributed by atoms with Crippen molar-refractivity contribution in [2.75, 3.05) is 30.4 Å². The third-order valence-electron chi connectivity index (χ3n) is 9.14. The molecule has 3 fully saturated rings. The molecular formula is C30H39F3N8O4. The Morgan fingerprint density at radius 1 is 1.11 bits per heavy atom. The molecule has 6 rings (SSSR count). The van der Waals surface area contributed by atoms with Crippen molar-refractivity contribution in [2.24, 2.45) is 0 Å². The summed E-state index contributed by atoms with van der Waals surface area (Å²) in [6.07, 6.45) is 2.99. The molecule has 0 bridgehead atoms. The largest absolute Gasteiger partial charge is 0.457 e. The number of nitrogens with two attached hydrogens (primary N) is 1. The maximum atomic E-state index is 14.2. The Morgan fingerprint density at radius 2 is 1.76 bits per heavy atom. The summed E-state index contributed by atoms with van der Waals surface area (Å²) in [4.78, 5) is 34.8. The van der Waals surface area contributed by atoms with Crippen LogP contribution in [0, 0.1) is 5.41 Å². The maximum absolute atomic E-state index is 14.2. The zero-order chi connectivity index (χ0) is 32.4. The lowest BCUT2D eigenvalue weighted by atomic mass is 9.80. The summed E-state index contributed by atoms with van der Waals surface area (Å²) in [7, 11) is 0. The van der Waals surface area contributed by atoms with Gasteiger partial charge in [0.25, 0.3) is 6.02 Å². The SMILES string of the molecule is CC1(C)CC(c2ncc(N3C(=O)C4(CCCC4)c4c(N)nc(COC(=N)N5CCOCC5C(F)(F)F)nc43)cn2)CC(C)(C)O1. The highest BCUT2D eigenvalue weighted by molar-refractivity contribution is 6.13. The minimum atomic E-state index is -4.60. The minimum Gasteiger partial charge on any atom is -0.457 e. The second-order valence-corrected chi connectivity index (χ2v) is 13.6. The van der Waals surface area contributed by atoms with Crippen molar-refractivity contribution < 1.29 is 32.2 Å². The van der Waals surface area contributed by atoms with Gasteiger partial charge in [0.15, 0.2) is 18.5 Å². The third-order valence-corrected chi connectivity index (χ3v) is 9.14. The Bertz CT molecular complexity index is 1460. The lowest BCUT2D eigenvalue weighted by molar-refractivity contribution is -0.202. The molecule has 15 heteroatoms. The van der Waals surface area contributed by atoms with Crippen molar-refractivity contribution in [3.05, 3.63) is 29.6 Å². The van der Waals surface area contributed by atoms with E-state index in [2.05, 4.69) is 47.6 Å². The number of ether oxygens (including phenoxy) is 3. The fourth-order valence-electron chi connectivity index (χ4n) is 7.56. The highest BCUT2D eigenvalue weighted by Crippen LogP contribution is 2.54. The summed E-state index contributed by atoms with van der Waals surface area (Å²) in [6, 6.07) is -2.67. The number of morpholine rings is 1. The number of rotatable bonds is 4. The van der Waals surface area contributed by atoms with Crippen molar-refractivity contribution in [1.82, 2.24) is 24.8 Å². The molecule has 0 radical (unpaired) electrons. The Labute approximate surface area is 259 Å². The van der Waals surface area contributed by atoms with Crippen LogP contribution in [-0.2, 0) is 31.0 Å². The van der Waals surface area contributed by atoms with Gasteiger partial charge >= 0.3 is 6.18 Å². The number of carbonyl (C=O) groups is 1. The first kappa shape index (κ1) is 31.4. The molecule has 5 heterocycles. The van der Waals surface area contributed by atoms with E-state index in [1.807, 2.05) is 0 Å². The summed E-state index contributed by atoms with van der Waals surface area (Å²) in [6.45, 7) is 7.08. The fourth-order valence-corrected chi connectivity index (χ4v) is 7.56. The number of hydrogen-bond donors (Lipinski definition) is 2. The highest BCUT2D eigenvalue weighted by atomic mass is 19.4. The smallest absolute Gasteiger partial charge is 0.411 e. The Kier molecular flexibility index (Phi) is 7.70. The van der Waals surface area contributed by atoms with Crippen LogP contribution in [0.5, 0.6) is 0 Å². The van der Waals surface area contributed by atoms with Gasteiger partial charge in [-0.25, -0.2) is 19.9 Å². The molecule has 2 aromatic rings. The fraction of sp³-hybridized carbons (Fsp3) is 0.667. The van der Waals surface area contributed by atoms with E-state index in [0.29, 0.717) is 29.9 Å². The van der Waals surface area contributed by atoms with Gasteiger partial charge in [0.1, 0.15) is 17.5 Å². The molecule has 1 aliphatic carbocycles. The zero-order valence-corrected chi connectivity index (χ0v) is 25.9. The second kappa shape index (κ2) is 11.0. The van der Waals surface area contributed by atoms with Crippen LogP contribution in [0.4, 0.5) is 30.5 Å². The van der Waals surface area contributed by atoms with Crippen molar-refractivity contribution >= 4 is 29.3 Å². The van der Waals surface area contributed by atoms with Gasteiger partial charge in [-0.1, -0.05) is 12.8 Å². The molecule has 244 valence electrons. The number of anilines is 3. The number of nitrogens with one attached hydrogen (secondary N) is 1. The average molecular weight is 633 g/mol. The Morgan fingerprint density at radius 3 is 2.38 bits per heavy atom. The van der Waals surface area contributed by atoms with E-state index < -0.39 is 36.9 Å². The summed E-state index contributed by atoms with van der Waals surface area (Å²) >= 11 is 0. The molecular weight excluding hydrogens is 593 g/mol. The molecule has 2 saturated heterocycles. The van der Waals surface area contributed by atoms with E-state index in [-0.39, 0.29) is 53.6 Å². The van der Waals surface area contributed by atoms with Crippen LogP contribution < -0.4 is 10.6 Å². The van der Waals surface area contributed by atoms with Gasteiger partial charge in [-0.15, -0.1) is 0 Å². The third kappa shape index (κ3) is 5.80. The summed E-state index contributed by atoms with van der Waals surface area (Å²) in [5, 5.41) is 8.21. The first-order chi connectivity index (χ1) is 21.1. The van der Waals surface area contributed by atoms with Gasteiger partial charge < -0.3 is 24.8 Å². The summed E-state index contributed by atoms with van der Waals surface area (Å²) in [5.41, 5.74) is 5.87. The number of aromatic nitrogens is 4. The van der Waals surface area contributed by atoms with E-state index in [1.165, 1.54) is 4.90 Å². The normalized spacial score (nSPS) is 24.2. The molecule has 2 aromatic heterocycles. The number of nitrogen functional groups attached to an aromatic ring is 1. The van der Waals surface area contributed by atoms with Crippen LogP contribution in [0.25, 0.3) is 0 Å². The summed E-state index contributed by atoms with van der Waals surface area (Å²) < 4.78 is 57.2.